The van der Waals surface area contributed by atoms with Crippen molar-refractivity contribution < 1.29 is 26.2 Å². The molecule has 9 nitrogen and oxygen atoms in total. The lowest BCUT2D eigenvalue weighted by Crippen LogP contribution is -2.36. The maximum atomic E-state index is 12.2. The highest BCUT2D eigenvalue weighted by Crippen LogP contribution is 2.28. The molecule has 25 heavy (non-hydrogen) atoms. The number of amides is 1. The number of rotatable bonds is 4. The summed E-state index contributed by atoms with van der Waals surface area (Å²) in [5, 5.41) is 31.4. The van der Waals surface area contributed by atoms with Gasteiger partial charge in [-0.2, -0.15) is 4.98 Å². The average Bonchev–Trinajstić information content (AvgIpc) is 2.87. The summed E-state index contributed by atoms with van der Waals surface area (Å²) in [7, 11) is 0. The molecule has 1 aromatic heterocycles. The van der Waals surface area contributed by atoms with Crippen LogP contribution in [0.5, 0.6) is 0 Å². The molecule has 1 aliphatic rings. The lowest BCUT2D eigenvalue weighted by atomic mass is 10.1. The van der Waals surface area contributed by atoms with Crippen molar-refractivity contribution in [3.8, 4) is 0 Å². The molecule has 0 radical (unpaired) electrons. The van der Waals surface area contributed by atoms with Crippen molar-refractivity contribution in [2.75, 3.05) is 11.9 Å². The Morgan fingerprint density at radius 2 is 2.00 bits per heavy atom. The molecule has 1 amide bonds. The van der Waals surface area contributed by atoms with Gasteiger partial charge in [0.15, 0.2) is 6.20 Å². The van der Waals surface area contributed by atoms with Gasteiger partial charge in [-0.3, -0.25) is 9.36 Å². The van der Waals surface area contributed by atoms with Gasteiger partial charge in [-0.25, -0.2) is 4.79 Å². The normalized spacial score (nSPS) is 29.2. The molecule has 9 heteroatoms. The third kappa shape index (κ3) is 3.44. The third-order valence-electron chi connectivity index (χ3n) is 3.73. The van der Waals surface area contributed by atoms with Crippen LogP contribution < -0.4 is 11.0 Å². The Bertz CT molecular complexity index is 861. The number of aliphatic hydroxyl groups is 3. The summed E-state index contributed by atoms with van der Waals surface area (Å²) in [5.41, 5.74) is -0.602. The van der Waals surface area contributed by atoms with Gasteiger partial charge in [0.2, 0.25) is 0 Å². The molecule has 0 saturated carbocycles. The Morgan fingerprint density at radius 1 is 1.28 bits per heavy atom. The molecule has 0 aliphatic carbocycles. The van der Waals surface area contributed by atoms with Crippen LogP contribution in [-0.4, -0.2) is 55.7 Å². The van der Waals surface area contributed by atoms with Gasteiger partial charge >= 0.3 is 5.69 Å². The van der Waals surface area contributed by atoms with E-state index in [0.717, 1.165) is 6.20 Å². The molecule has 1 aromatic carbocycles. The first-order chi connectivity index (χ1) is 12.4. The van der Waals surface area contributed by atoms with Crippen molar-refractivity contribution >= 4 is 11.7 Å². The molecule has 1 aliphatic heterocycles. The summed E-state index contributed by atoms with van der Waals surface area (Å²) < 4.78 is 14.0. The molecule has 4 atom stereocenters. The number of nitrogens with one attached hydrogen (secondary N) is 1. The number of nitrogens with zero attached hydrogens (tertiary/aromatic N) is 2. The Balaban J connectivity index is 1.84. The largest absolute Gasteiger partial charge is 0.394 e. The fourth-order valence-electron chi connectivity index (χ4n) is 2.41. The first kappa shape index (κ1) is 15.9. The van der Waals surface area contributed by atoms with Crippen LogP contribution in [0.25, 0.3) is 0 Å². The Kier molecular flexibility index (Phi) is 4.53. The van der Waals surface area contributed by atoms with Gasteiger partial charge in [-0.1, -0.05) is 18.2 Å². The third-order valence-corrected chi connectivity index (χ3v) is 3.73. The smallest absolute Gasteiger partial charge is 0.351 e. The monoisotopic (exact) mass is 348 g/mol. The molecule has 132 valence electrons. The van der Waals surface area contributed by atoms with Crippen molar-refractivity contribution in [1.82, 2.24) is 9.55 Å². The van der Waals surface area contributed by atoms with Crippen LogP contribution >= 0.6 is 0 Å². The molecule has 2 aromatic rings. The van der Waals surface area contributed by atoms with Crippen LogP contribution in [0.3, 0.4) is 0 Å². The summed E-state index contributed by atoms with van der Waals surface area (Å²) in [4.78, 5) is 28.0. The van der Waals surface area contributed by atoms with Crippen LogP contribution in [0, 0.1) is 0 Å². The zero-order chi connectivity index (χ0) is 18.9. The molecule has 1 fully saturated rings. The number of carbonyl (C=O) groups excluding carboxylic acids is 1. The highest BCUT2D eigenvalue weighted by molar-refractivity contribution is 6.03. The van der Waals surface area contributed by atoms with Crippen molar-refractivity contribution in [3.63, 3.8) is 0 Å². The van der Waals surface area contributed by atoms with Gasteiger partial charge in [0.25, 0.3) is 5.91 Å². The molecule has 0 bridgehead atoms. The molecule has 2 heterocycles. The predicted octanol–water partition coefficient (Wildman–Crippen LogP) is -0.893. The minimum Gasteiger partial charge on any atom is -0.394 e. The quantitative estimate of drug-likeness (QED) is 0.563. The number of benzene rings is 1. The Hall–Kier alpha value is -2.59. The first-order valence-electron chi connectivity index (χ1n) is 7.98. The standard InChI is InChI=1S/C16H17N3O6/c20-8-10-12(21)13(22)15(25-10)19-7-6-11(18-16(19)24)17-14(23)9-4-2-1-3-5-9/h1-7,10,12-13,15,20-22H,8H2,(H,17,18,23,24)/t10-,12-,13-,15-/m1/s1/i15D. The minimum absolute atomic E-state index is 0.0459. The van der Waals surface area contributed by atoms with Gasteiger partial charge < -0.3 is 25.4 Å². The fourth-order valence-corrected chi connectivity index (χ4v) is 2.41. The molecule has 0 spiro atoms. The minimum atomic E-state index is -2.35. The lowest BCUT2D eigenvalue weighted by Gasteiger charge is -2.17. The van der Waals surface area contributed by atoms with Gasteiger partial charge in [-0.05, 0) is 18.2 Å². The van der Waals surface area contributed by atoms with Gasteiger partial charge in [0.1, 0.15) is 24.1 Å². The molecular weight excluding hydrogens is 330 g/mol. The Labute approximate surface area is 143 Å². The number of anilines is 1. The van der Waals surface area contributed by atoms with Gasteiger partial charge in [0.05, 0.1) is 7.98 Å². The maximum Gasteiger partial charge on any atom is 0.351 e. The van der Waals surface area contributed by atoms with Crippen molar-refractivity contribution in [3.05, 3.63) is 58.6 Å². The molecule has 4 N–H and O–H groups in total. The number of carbonyl (C=O) groups is 1. The maximum absolute atomic E-state index is 12.2. The molecule has 1 saturated heterocycles. The molecule has 0 unspecified atom stereocenters. The first-order valence-corrected chi connectivity index (χ1v) is 7.48. The van der Waals surface area contributed by atoms with Crippen LogP contribution in [0.2, 0.25) is 0 Å². The summed E-state index contributed by atoms with van der Waals surface area (Å²) in [5.74, 6) is -0.515. The fraction of sp³-hybridized carbons (Fsp3) is 0.312. The summed E-state index contributed by atoms with van der Waals surface area (Å²) in [6, 6.07) is 9.57. The SMILES string of the molecule is [2H][C@@]1(n2ccc(NC(=O)c3ccccc3)nc2=O)O[C@H](CO)[C@@H](O)[C@H]1O. The Morgan fingerprint density at radius 3 is 2.60 bits per heavy atom. The lowest BCUT2D eigenvalue weighted by molar-refractivity contribution is -0.0549. The van der Waals surface area contributed by atoms with Crippen molar-refractivity contribution in [1.29, 1.82) is 0 Å². The highest BCUT2D eigenvalue weighted by atomic mass is 16.6. The van der Waals surface area contributed by atoms with E-state index in [0.29, 0.717) is 10.1 Å². The predicted molar refractivity (Wildman–Crippen MR) is 85.9 cm³/mol. The van der Waals surface area contributed by atoms with E-state index in [1.807, 2.05) is 0 Å². The summed E-state index contributed by atoms with van der Waals surface area (Å²) in [6.07, 6.45) is -5.77. The van der Waals surface area contributed by atoms with E-state index < -0.39 is 42.7 Å². The van der Waals surface area contributed by atoms with E-state index in [1.165, 1.54) is 6.07 Å². The van der Waals surface area contributed by atoms with E-state index in [-0.39, 0.29) is 5.82 Å². The van der Waals surface area contributed by atoms with Crippen LogP contribution in [0.4, 0.5) is 5.82 Å². The zero-order valence-corrected chi connectivity index (χ0v) is 12.9. The number of aromatic nitrogens is 2. The van der Waals surface area contributed by atoms with Crippen molar-refractivity contribution in [2.24, 2.45) is 0 Å². The highest BCUT2D eigenvalue weighted by Gasteiger charge is 2.43. The van der Waals surface area contributed by atoms with Crippen molar-refractivity contribution in [2.45, 2.75) is 24.5 Å². The van der Waals surface area contributed by atoms with E-state index in [2.05, 4.69) is 10.3 Å². The van der Waals surface area contributed by atoms with E-state index in [1.54, 1.807) is 30.3 Å². The topological polar surface area (TPSA) is 134 Å². The van der Waals surface area contributed by atoms with Crippen LogP contribution in [0.15, 0.2) is 47.4 Å². The number of aliphatic hydroxyl groups excluding tert-OH is 3. The number of hydrogen-bond donors (Lipinski definition) is 4. The van der Waals surface area contributed by atoms with E-state index >= 15 is 0 Å². The molecule has 3 rings (SSSR count). The van der Waals surface area contributed by atoms with E-state index in [9.17, 15) is 19.8 Å². The average molecular weight is 348 g/mol. The second-order valence-electron chi connectivity index (χ2n) is 5.40. The van der Waals surface area contributed by atoms with Gasteiger partial charge in [-0.15, -0.1) is 0 Å². The summed E-state index contributed by atoms with van der Waals surface area (Å²) >= 11 is 0. The second-order valence-corrected chi connectivity index (χ2v) is 5.40. The van der Waals surface area contributed by atoms with Gasteiger partial charge in [0, 0.05) is 11.8 Å². The number of ether oxygens (including phenoxy) is 1. The number of hydrogen-bond acceptors (Lipinski definition) is 7. The van der Waals surface area contributed by atoms with Crippen LogP contribution in [-0.2, 0) is 4.74 Å². The van der Waals surface area contributed by atoms with Crippen LogP contribution in [0.1, 0.15) is 17.9 Å². The van der Waals surface area contributed by atoms with E-state index in [4.69, 9.17) is 11.2 Å². The second kappa shape index (κ2) is 7.11. The summed E-state index contributed by atoms with van der Waals surface area (Å²) in [6.45, 7) is -0.633. The zero-order valence-electron chi connectivity index (χ0n) is 13.9. The molecular formula is C16H17N3O6.